The maximum Gasteiger partial charge on any atom is 0.306 e. The van der Waals surface area contributed by atoms with Crippen molar-refractivity contribution < 1.29 is 42.4 Å². The van der Waals surface area contributed by atoms with E-state index >= 15 is 0 Å². The summed E-state index contributed by atoms with van der Waals surface area (Å²) in [5.41, 5.74) is 0. The minimum absolute atomic E-state index is 0.0904. The van der Waals surface area contributed by atoms with Crippen LogP contribution < -0.4 is 4.89 Å². The molecule has 9 nitrogen and oxygen atoms in total. The number of phosphoric acid groups is 1. The molecule has 3 atom stereocenters. The molecule has 10 heteroatoms. The van der Waals surface area contributed by atoms with Gasteiger partial charge in [-0.1, -0.05) is 194 Å². The van der Waals surface area contributed by atoms with Gasteiger partial charge in [0.1, 0.15) is 25.4 Å². The van der Waals surface area contributed by atoms with Crippen LogP contribution in [0.1, 0.15) is 226 Å². The van der Waals surface area contributed by atoms with Crippen molar-refractivity contribution in [3.05, 3.63) is 0 Å². The van der Waals surface area contributed by atoms with Crippen LogP contribution in [-0.2, 0) is 28.2 Å². The fraction of sp³-hybridized carbons (Fsp3) is 0.955. The second-order valence-electron chi connectivity index (χ2n) is 17.0. The third kappa shape index (κ3) is 37.9. The van der Waals surface area contributed by atoms with Crippen LogP contribution in [0.15, 0.2) is 0 Å². The van der Waals surface area contributed by atoms with E-state index in [2.05, 4.69) is 13.8 Å². The summed E-state index contributed by atoms with van der Waals surface area (Å²) < 4.78 is 27.8. The van der Waals surface area contributed by atoms with E-state index in [1.165, 1.54) is 154 Å². The molecule has 0 heterocycles. The largest absolute Gasteiger partial charge is 0.756 e. The summed E-state index contributed by atoms with van der Waals surface area (Å²) in [6.45, 7) is 4.15. The Morgan fingerprint density at radius 3 is 1.17 bits per heavy atom. The second kappa shape index (κ2) is 36.4. The molecule has 0 aliphatic rings. The van der Waals surface area contributed by atoms with Gasteiger partial charge in [0.05, 0.1) is 21.1 Å². The maximum absolute atomic E-state index is 12.9. The topological polar surface area (TPSA) is 122 Å². The zero-order chi connectivity index (χ0) is 40.2. The van der Waals surface area contributed by atoms with Crippen LogP contribution in [0.5, 0.6) is 0 Å². The standard InChI is InChI=1S/C44H88NO8P/c1-6-8-10-12-14-16-18-20-22-24-26-28-30-32-34-36-43(46)51-40-42(38-41(45(3,4)5)39-52-54(48,49)50)53-44(47)37-35-33-31-29-27-25-23-21-19-17-15-13-11-9-7-2/h41-42H,6-40H2,1-5H3,(H-,48,49,50). The number of esters is 2. The van der Waals surface area contributed by atoms with Gasteiger partial charge in [0.2, 0.25) is 0 Å². The van der Waals surface area contributed by atoms with Crippen LogP contribution in [0.4, 0.5) is 0 Å². The van der Waals surface area contributed by atoms with Gasteiger partial charge in [-0.3, -0.25) is 14.2 Å². The Morgan fingerprint density at radius 2 is 0.852 bits per heavy atom. The van der Waals surface area contributed by atoms with E-state index in [0.717, 1.165) is 38.5 Å². The van der Waals surface area contributed by atoms with E-state index in [1.807, 2.05) is 21.1 Å². The predicted octanol–water partition coefficient (Wildman–Crippen LogP) is 11.9. The highest BCUT2D eigenvalue weighted by molar-refractivity contribution is 7.44. The number of hydrogen-bond acceptors (Lipinski definition) is 7. The van der Waals surface area contributed by atoms with E-state index in [0.29, 0.717) is 17.3 Å². The van der Waals surface area contributed by atoms with Crippen LogP contribution in [0.2, 0.25) is 0 Å². The van der Waals surface area contributed by atoms with E-state index in [-0.39, 0.29) is 31.6 Å². The summed E-state index contributed by atoms with van der Waals surface area (Å²) >= 11 is 0. The van der Waals surface area contributed by atoms with Crippen LogP contribution >= 0.6 is 7.82 Å². The fourth-order valence-electron chi connectivity index (χ4n) is 7.03. The molecular formula is C44H88NO8P. The quantitative estimate of drug-likeness (QED) is 0.0281. The van der Waals surface area contributed by atoms with Gasteiger partial charge in [0.25, 0.3) is 7.82 Å². The third-order valence-corrected chi connectivity index (χ3v) is 11.2. The minimum atomic E-state index is -4.92. The minimum Gasteiger partial charge on any atom is -0.756 e. The normalized spacial score (nSPS) is 14.1. The van der Waals surface area contributed by atoms with Gasteiger partial charge in [-0.05, 0) is 12.8 Å². The Kier molecular flexibility index (Phi) is 35.7. The molecular weight excluding hydrogens is 701 g/mol. The predicted molar refractivity (Wildman–Crippen MR) is 222 cm³/mol. The fourth-order valence-corrected chi connectivity index (χ4v) is 7.39. The highest BCUT2D eigenvalue weighted by atomic mass is 31.2. The average molecular weight is 790 g/mol. The molecule has 0 aromatic heterocycles. The number of ether oxygens (including phenoxy) is 2. The Hall–Kier alpha value is -0.990. The SMILES string of the molecule is CCCCCCCCCCCCCCCCCC(=O)OCC(CC(COP(=O)([O-])O)[N+](C)(C)C)OC(=O)CCCCCCCCCCCCCCCCC. The summed E-state index contributed by atoms with van der Waals surface area (Å²) in [5.74, 6) is -0.656. The molecule has 0 aromatic carbocycles. The highest BCUT2D eigenvalue weighted by Crippen LogP contribution is 2.32. The number of quaternary nitrogens is 1. The number of unbranched alkanes of at least 4 members (excludes halogenated alkanes) is 28. The first-order valence-corrected chi connectivity index (χ1v) is 24.2. The van der Waals surface area contributed by atoms with Gasteiger partial charge in [-0.2, -0.15) is 0 Å². The molecule has 0 aliphatic carbocycles. The summed E-state index contributed by atoms with van der Waals surface area (Å²) in [6, 6.07) is -0.433. The van der Waals surface area contributed by atoms with Crippen molar-refractivity contribution >= 4 is 19.8 Å². The molecule has 0 aliphatic heterocycles. The van der Waals surface area contributed by atoms with E-state index in [4.69, 9.17) is 14.0 Å². The molecule has 54 heavy (non-hydrogen) atoms. The van der Waals surface area contributed by atoms with Crippen molar-refractivity contribution in [3.63, 3.8) is 0 Å². The molecule has 0 bridgehead atoms. The van der Waals surface area contributed by atoms with E-state index < -0.39 is 20.0 Å². The number of likely N-dealkylation sites (N-methyl/N-ethyl adjacent to an activating group) is 1. The lowest BCUT2D eigenvalue weighted by Gasteiger charge is -2.36. The van der Waals surface area contributed by atoms with Crippen LogP contribution in [0.3, 0.4) is 0 Å². The van der Waals surface area contributed by atoms with Crippen molar-refractivity contribution in [3.8, 4) is 0 Å². The van der Waals surface area contributed by atoms with Gasteiger partial charge in [-0.15, -0.1) is 0 Å². The van der Waals surface area contributed by atoms with E-state index in [9.17, 15) is 23.9 Å². The van der Waals surface area contributed by atoms with Crippen LogP contribution in [0, 0.1) is 0 Å². The Labute approximate surface area is 333 Å². The molecule has 0 radical (unpaired) electrons. The molecule has 0 rings (SSSR count). The lowest BCUT2D eigenvalue weighted by Crippen LogP contribution is -2.50. The van der Waals surface area contributed by atoms with Crippen LogP contribution in [0.25, 0.3) is 0 Å². The molecule has 0 amide bonds. The summed E-state index contributed by atoms with van der Waals surface area (Å²) in [4.78, 5) is 46.0. The number of rotatable bonds is 41. The number of nitrogens with zero attached hydrogens (tertiary/aromatic N) is 1. The molecule has 0 spiro atoms. The molecule has 0 aromatic rings. The number of carbonyl (C=O) groups is 2. The Bertz CT molecular complexity index is 906. The molecule has 3 unspecified atom stereocenters. The summed E-state index contributed by atoms with van der Waals surface area (Å²) in [7, 11) is 0.699. The number of carbonyl (C=O) groups excluding carboxylic acids is 2. The van der Waals surface area contributed by atoms with Gasteiger partial charge in [-0.25, -0.2) is 0 Å². The zero-order valence-corrected chi connectivity index (χ0v) is 37.0. The molecule has 0 saturated carbocycles. The molecule has 0 fully saturated rings. The highest BCUT2D eigenvalue weighted by Gasteiger charge is 2.31. The lowest BCUT2D eigenvalue weighted by atomic mass is 10.0. The molecule has 0 saturated heterocycles. The first-order chi connectivity index (χ1) is 25.9. The van der Waals surface area contributed by atoms with Crippen LogP contribution in [-0.4, -0.2) is 67.8 Å². The first kappa shape index (κ1) is 53.0. The van der Waals surface area contributed by atoms with Crippen molar-refractivity contribution in [2.75, 3.05) is 34.4 Å². The second-order valence-corrected chi connectivity index (χ2v) is 18.2. The van der Waals surface area contributed by atoms with Crippen molar-refractivity contribution in [1.82, 2.24) is 0 Å². The Balaban J connectivity index is 4.43. The van der Waals surface area contributed by atoms with Gasteiger partial charge in [0.15, 0.2) is 0 Å². The molecule has 1 N–H and O–H groups in total. The van der Waals surface area contributed by atoms with E-state index in [1.54, 1.807) is 0 Å². The van der Waals surface area contributed by atoms with Gasteiger partial charge in [0, 0.05) is 19.3 Å². The summed E-state index contributed by atoms with van der Waals surface area (Å²) in [5, 5.41) is 0. The maximum atomic E-state index is 12.9. The lowest BCUT2D eigenvalue weighted by molar-refractivity contribution is -0.897. The van der Waals surface area contributed by atoms with Crippen molar-refractivity contribution in [1.29, 1.82) is 0 Å². The van der Waals surface area contributed by atoms with Crippen molar-refractivity contribution in [2.24, 2.45) is 0 Å². The Morgan fingerprint density at radius 1 is 0.537 bits per heavy atom. The monoisotopic (exact) mass is 790 g/mol. The zero-order valence-electron chi connectivity index (χ0n) is 36.1. The number of hydrogen-bond donors (Lipinski definition) is 1. The average Bonchev–Trinajstić information content (AvgIpc) is 3.11. The van der Waals surface area contributed by atoms with Gasteiger partial charge >= 0.3 is 11.9 Å². The van der Waals surface area contributed by atoms with Gasteiger partial charge < -0.3 is 28.3 Å². The first-order valence-electron chi connectivity index (χ1n) is 22.7. The summed E-state index contributed by atoms with van der Waals surface area (Å²) in [6.07, 6.45) is 37.7. The van der Waals surface area contributed by atoms with Crippen molar-refractivity contribution in [2.45, 2.75) is 238 Å². The number of phosphoric ester groups is 1. The molecule has 322 valence electrons. The third-order valence-electron chi connectivity index (χ3n) is 10.8. The smallest absolute Gasteiger partial charge is 0.306 e.